The van der Waals surface area contributed by atoms with Crippen LogP contribution in [0.4, 0.5) is 0 Å². The van der Waals surface area contributed by atoms with E-state index in [9.17, 15) is 0 Å². The van der Waals surface area contributed by atoms with Gasteiger partial charge < -0.3 is 0 Å². The molecule has 0 bridgehead atoms. The first-order chi connectivity index (χ1) is 17.4. The number of para-hydroxylation sites is 1. The van der Waals surface area contributed by atoms with Gasteiger partial charge >= 0.3 is 0 Å². The third-order valence-corrected chi connectivity index (χ3v) is 7.33. The highest BCUT2D eigenvalue weighted by atomic mass is 14.7. The quantitative estimate of drug-likeness (QED) is 0.267. The lowest BCUT2D eigenvalue weighted by Gasteiger charge is -2.35. The predicted octanol–water partition coefficient (Wildman–Crippen LogP) is 8.26. The number of aromatic nitrogens is 1. The highest BCUT2D eigenvalue weighted by molar-refractivity contribution is 6.03. The van der Waals surface area contributed by atoms with Gasteiger partial charge in [-0.3, -0.25) is 0 Å². The van der Waals surface area contributed by atoms with Crippen LogP contribution in [0.1, 0.15) is 22.3 Å². The van der Waals surface area contributed by atoms with E-state index in [0.717, 1.165) is 11.2 Å². The zero-order valence-electron chi connectivity index (χ0n) is 19.2. The molecule has 0 saturated carbocycles. The fraction of sp³-hybridized carbons (Fsp3) is 0.0294. The average molecular weight is 446 g/mol. The lowest BCUT2D eigenvalue weighted by Crippen LogP contribution is -2.29. The van der Waals surface area contributed by atoms with Crippen molar-refractivity contribution in [2.45, 2.75) is 5.41 Å². The number of fused-ring (bicyclic) bond motifs is 4. The van der Waals surface area contributed by atoms with Gasteiger partial charge in [-0.2, -0.15) is 0 Å². The summed E-state index contributed by atoms with van der Waals surface area (Å²) in [5, 5.41) is 1.18. The van der Waals surface area contributed by atoms with E-state index in [0.29, 0.717) is 0 Å². The zero-order valence-corrected chi connectivity index (χ0v) is 19.2. The number of rotatable bonds is 3. The van der Waals surface area contributed by atoms with E-state index in [1.165, 1.54) is 44.3 Å². The van der Waals surface area contributed by atoms with Crippen molar-refractivity contribution < 1.29 is 0 Å². The first kappa shape index (κ1) is 19.9. The zero-order chi connectivity index (χ0) is 23.2. The van der Waals surface area contributed by atoms with Gasteiger partial charge in [-0.15, -0.1) is 0 Å². The lowest BCUT2D eigenvalue weighted by atomic mass is 9.66. The van der Waals surface area contributed by atoms with Crippen molar-refractivity contribution in [3.63, 3.8) is 0 Å². The van der Waals surface area contributed by atoms with Gasteiger partial charge in [0.05, 0.1) is 16.6 Å². The molecule has 0 aliphatic heterocycles. The summed E-state index contributed by atoms with van der Waals surface area (Å²) in [4.78, 5) is 5.33. The number of hydrogen-bond acceptors (Lipinski definition) is 1. The number of nitrogens with zero attached hydrogens (tertiary/aromatic N) is 1. The number of pyridine rings is 1. The minimum atomic E-state index is -0.476. The van der Waals surface area contributed by atoms with Crippen LogP contribution >= 0.6 is 0 Å². The molecule has 0 fully saturated rings. The van der Waals surface area contributed by atoms with Crippen LogP contribution < -0.4 is 0 Å². The fourth-order valence-electron chi connectivity index (χ4n) is 5.97. The summed E-state index contributed by atoms with van der Waals surface area (Å²) >= 11 is 0. The summed E-state index contributed by atoms with van der Waals surface area (Å²) in [6.45, 7) is 0. The van der Waals surface area contributed by atoms with Crippen molar-refractivity contribution in [3.05, 3.63) is 162 Å². The summed E-state index contributed by atoms with van der Waals surface area (Å²) in [6, 6.07) is 50.0. The summed E-state index contributed by atoms with van der Waals surface area (Å²) in [5.41, 5.74) is 10.4. The summed E-state index contributed by atoms with van der Waals surface area (Å²) in [7, 11) is 0. The molecule has 35 heavy (non-hydrogen) atoms. The minimum Gasteiger partial charge on any atom is -0.247 e. The van der Waals surface area contributed by atoms with E-state index in [1.807, 2.05) is 0 Å². The van der Waals surface area contributed by atoms with Crippen LogP contribution in [0, 0.1) is 0 Å². The Labute approximate surface area is 205 Å². The molecule has 0 amide bonds. The molecular weight excluding hydrogens is 422 g/mol. The van der Waals surface area contributed by atoms with Crippen LogP contribution in [-0.2, 0) is 5.41 Å². The maximum atomic E-state index is 5.33. The van der Waals surface area contributed by atoms with Gasteiger partial charge in [-0.25, -0.2) is 4.98 Å². The molecule has 0 spiro atoms. The number of benzene rings is 5. The molecule has 0 radical (unpaired) electrons. The van der Waals surface area contributed by atoms with Crippen molar-refractivity contribution in [2.24, 2.45) is 0 Å². The molecule has 0 atom stereocenters. The number of hydrogen-bond donors (Lipinski definition) is 0. The molecule has 0 unspecified atom stereocenters. The monoisotopic (exact) mass is 445 g/mol. The van der Waals surface area contributed by atoms with Crippen LogP contribution in [0.3, 0.4) is 0 Å². The standard InChI is InChI=1S/C34H23N/c1-4-14-24(15-5-1)31-28-21-11-13-23-30(28)35-33-27-20-10-12-22-29(27)34(32(31)33,25-16-6-2-7-17-25)26-18-8-3-9-19-26/h1-23H. The van der Waals surface area contributed by atoms with E-state index in [4.69, 9.17) is 4.98 Å². The maximum absolute atomic E-state index is 5.33. The molecule has 1 aliphatic rings. The summed E-state index contributed by atoms with van der Waals surface area (Å²) < 4.78 is 0. The first-order valence-electron chi connectivity index (χ1n) is 12.1. The molecule has 1 aliphatic carbocycles. The molecule has 7 rings (SSSR count). The van der Waals surface area contributed by atoms with Crippen LogP contribution in [0.15, 0.2) is 140 Å². The van der Waals surface area contributed by atoms with Gasteiger partial charge in [-0.1, -0.05) is 133 Å². The summed E-state index contributed by atoms with van der Waals surface area (Å²) in [5.74, 6) is 0. The van der Waals surface area contributed by atoms with Gasteiger partial charge in [0.1, 0.15) is 0 Å². The second-order valence-electron chi connectivity index (χ2n) is 9.12. The van der Waals surface area contributed by atoms with Crippen LogP contribution in [0.2, 0.25) is 0 Å². The van der Waals surface area contributed by atoms with Crippen molar-refractivity contribution in [3.8, 4) is 22.4 Å². The maximum Gasteiger partial charge on any atom is 0.0767 e. The van der Waals surface area contributed by atoms with Crippen LogP contribution in [0.5, 0.6) is 0 Å². The average Bonchev–Trinajstić information content (AvgIpc) is 3.24. The minimum absolute atomic E-state index is 0.476. The Balaban J connectivity index is 1.76. The molecule has 1 heteroatoms. The second kappa shape index (κ2) is 7.78. The Kier molecular flexibility index (Phi) is 4.43. The van der Waals surface area contributed by atoms with Crippen LogP contribution in [0.25, 0.3) is 33.3 Å². The van der Waals surface area contributed by atoms with Gasteiger partial charge in [-0.05, 0) is 33.9 Å². The van der Waals surface area contributed by atoms with Crippen molar-refractivity contribution in [1.29, 1.82) is 0 Å². The van der Waals surface area contributed by atoms with Crippen molar-refractivity contribution in [1.82, 2.24) is 4.98 Å². The van der Waals surface area contributed by atoms with Gasteiger partial charge in [0.2, 0.25) is 0 Å². The smallest absolute Gasteiger partial charge is 0.0767 e. The highest BCUT2D eigenvalue weighted by Crippen LogP contribution is 2.59. The van der Waals surface area contributed by atoms with E-state index in [-0.39, 0.29) is 0 Å². The van der Waals surface area contributed by atoms with E-state index in [2.05, 4.69) is 140 Å². The van der Waals surface area contributed by atoms with Crippen LogP contribution in [-0.4, -0.2) is 4.98 Å². The Morgan fingerprint density at radius 3 is 1.71 bits per heavy atom. The van der Waals surface area contributed by atoms with E-state index < -0.39 is 5.41 Å². The van der Waals surface area contributed by atoms with Crippen molar-refractivity contribution in [2.75, 3.05) is 0 Å². The Hall–Kier alpha value is -4.49. The topological polar surface area (TPSA) is 12.9 Å². The van der Waals surface area contributed by atoms with Gasteiger partial charge in [0.25, 0.3) is 0 Å². The molecule has 1 heterocycles. The lowest BCUT2D eigenvalue weighted by molar-refractivity contribution is 0.770. The third-order valence-electron chi connectivity index (χ3n) is 7.33. The van der Waals surface area contributed by atoms with Gasteiger partial charge in [0, 0.05) is 16.5 Å². The normalized spacial score (nSPS) is 13.4. The first-order valence-corrected chi connectivity index (χ1v) is 12.1. The SMILES string of the molecule is c1ccc(-c2c3c(nc4ccccc24)-c2ccccc2C3(c2ccccc2)c2ccccc2)cc1. The molecule has 0 N–H and O–H groups in total. The van der Waals surface area contributed by atoms with E-state index in [1.54, 1.807) is 0 Å². The summed E-state index contributed by atoms with van der Waals surface area (Å²) in [6.07, 6.45) is 0. The molecule has 5 aromatic carbocycles. The predicted molar refractivity (Wildman–Crippen MR) is 144 cm³/mol. The Morgan fingerprint density at radius 1 is 0.486 bits per heavy atom. The fourth-order valence-corrected chi connectivity index (χ4v) is 5.97. The second-order valence-corrected chi connectivity index (χ2v) is 9.12. The van der Waals surface area contributed by atoms with E-state index >= 15 is 0 Å². The molecule has 6 aromatic rings. The van der Waals surface area contributed by atoms with Crippen molar-refractivity contribution >= 4 is 10.9 Å². The Morgan fingerprint density at radius 2 is 1.03 bits per heavy atom. The molecule has 1 aromatic heterocycles. The van der Waals surface area contributed by atoms with Gasteiger partial charge in [0.15, 0.2) is 0 Å². The molecule has 1 nitrogen and oxygen atoms in total. The molecule has 0 saturated heterocycles. The highest BCUT2D eigenvalue weighted by Gasteiger charge is 2.48. The Bertz CT molecular complexity index is 1630. The molecular formula is C34H23N. The molecule has 164 valence electrons. The largest absolute Gasteiger partial charge is 0.247 e. The third kappa shape index (κ3) is 2.79.